The third-order valence-electron chi connectivity index (χ3n) is 2.39. The van der Waals surface area contributed by atoms with Crippen molar-refractivity contribution in [2.75, 3.05) is 10.6 Å². The van der Waals surface area contributed by atoms with Crippen LogP contribution in [-0.2, 0) is 0 Å². The molecule has 0 aliphatic carbocycles. The first-order valence-electron chi connectivity index (χ1n) is 5.71. The number of thiazole rings is 1. The monoisotopic (exact) mass is 291 g/mol. The molecular formula is C12H13N5O2S. The van der Waals surface area contributed by atoms with E-state index < -0.39 is 11.9 Å². The lowest BCUT2D eigenvalue weighted by Crippen LogP contribution is -2.29. The van der Waals surface area contributed by atoms with Gasteiger partial charge in [-0.05, 0) is 19.1 Å². The zero-order valence-electron chi connectivity index (χ0n) is 10.6. The van der Waals surface area contributed by atoms with Gasteiger partial charge in [0.05, 0.1) is 5.69 Å². The molecule has 0 fully saturated rings. The molecule has 0 aliphatic rings. The summed E-state index contributed by atoms with van der Waals surface area (Å²) in [5.41, 5.74) is 3.20. The molecular weight excluding hydrogens is 278 g/mol. The van der Waals surface area contributed by atoms with Gasteiger partial charge in [0, 0.05) is 5.69 Å². The van der Waals surface area contributed by atoms with Crippen molar-refractivity contribution in [1.82, 2.24) is 10.4 Å². The SMILES string of the molecule is Cc1nc(NC(=O)Nc2ccccc2)sc1C(=O)NN. The van der Waals surface area contributed by atoms with Crippen molar-refractivity contribution in [1.29, 1.82) is 0 Å². The molecule has 0 spiro atoms. The van der Waals surface area contributed by atoms with Gasteiger partial charge in [0.25, 0.3) is 5.91 Å². The van der Waals surface area contributed by atoms with Gasteiger partial charge in [-0.25, -0.2) is 15.6 Å². The normalized spacial score (nSPS) is 9.90. The van der Waals surface area contributed by atoms with Crippen LogP contribution in [0, 0.1) is 6.92 Å². The molecule has 104 valence electrons. The predicted molar refractivity (Wildman–Crippen MR) is 77.6 cm³/mol. The van der Waals surface area contributed by atoms with Crippen LogP contribution in [0.5, 0.6) is 0 Å². The van der Waals surface area contributed by atoms with Crippen LogP contribution in [0.2, 0.25) is 0 Å². The number of aromatic nitrogens is 1. The molecule has 7 nitrogen and oxygen atoms in total. The fourth-order valence-corrected chi connectivity index (χ4v) is 2.37. The second-order valence-electron chi connectivity index (χ2n) is 3.85. The van der Waals surface area contributed by atoms with Gasteiger partial charge >= 0.3 is 6.03 Å². The van der Waals surface area contributed by atoms with Gasteiger partial charge in [-0.1, -0.05) is 29.5 Å². The van der Waals surface area contributed by atoms with E-state index >= 15 is 0 Å². The summed E-state index contributed by atoms with van der Waals surface area (Å²) >= 11 is 1.06. The maximum atomic E-state index is 11.8. The van der Waals surface area contributed by atoms with E-state index in [4.69, 9.17) is 5.84 Å². The standard InChI is InChI=1S/C12H13N5O2S/c1-7-9(10(18)17-13)20-12(14-7)16-11(19)15-8-5-3-2-4-6-8/h2-6H,13H2,1H3,(H,17,18)(H2,14,15,16,19). The molecule has 1 aromatic carbocycles. The molecule has 20 heavy (non-hydrogen) atoms. The minimum Gasteiger partial charge on any atom is -0.308 e. The maximum absolute atomic E-state index is 11.8. The molecule has 2 rings (SSSR count). The van der Waals surface area contributed by atoms with Crippen molar-refractivity contribution in [3.8, 4) is 0 Å². The first-order valence-corrected chi connectivity index (χ1v) is 6.53. The number of aryl methyl sites for hydroxylation is 1. The number of nitrogens with one attached hydrogen (secondary N) is 3. The molecule has 0 atom stereocenters. The van der Waals surface area contributed by atoms with Crippen LogP contribution < -0.4 is 21.9 Å². The number of amides is 3. The Hall–Kier alpha value is -2.45. The van der Waals surface area contributed by atoms with Crippen molar-refractivity contribution in [3.05, 3.63) is 40.9 Å². The van der Waals surface area contributed by atoms with Gasteiger partial charge in [-0.3, -0.25) is 15.5 Å². The molecule has 3 amide bonds. The van der Waals surface area contributed by atoms with Crippen molar-refractivity contribution >= 4 is 34.1 Å². The van der Waals surface area contributed by atoms with Crippen LogP contribution in [0.3, 0.4) is 0 Å². The molecule has 1 aromatic heterocycles. The molecule has 0 saturated heterocycles. The zero-order chi connectivity index (χ0) is 14.5. The number of anilines is 2. The summed E-state index contributed by atoms with van der Waals surface area (Å²) in [6, 6.07) is 8.58. The Morgan fingerprint density at radius 3 is 2.55 bits per heavy atom. The molecule has 2 aromatic rings. The summed E-state index contributed by atoms with van der Waals surface area (Å²) in [6.45, 7) is 1.67. The summed E-state index contributed by atoms with van der Waals surface area (Å²) in [5, 5.41) is 5.55. The van der Waals surface area contributed by atoms with Crippen LogP contribution in [0.1, 0.15) is 15.4 Å². The number of hydrogen-bond donors (Lipinski definition) is 4. The van der Waals surface area contributed by atoms with Gasteiger partial charge in [-0.2, -0.15) is 0 Å². The van der Waals surface area contributed by atoms with E-state index in [1.165, 1.54) is 0 Å². The van der Waals surface area contributed by atoms with E-state index in [1.54, 1.807) is 19.1 Å². The molecule has 8 heteroatoms. The number of nitrogen functional groups attached to an aromatic ring is 1. The third kappa shape index (κ3) is 3.31. The van der Waals surface area contributed by atoms with Gasteiger partial charge < -0.3 is 5.32 Å². The first kappa shape index (κ1) is 14.0. The second-order valence-corrected chi connectivity index (χ2v) is 4.85. The van der Waals surface area contributed by atoms with Gasteiger partial charge in [0.1, 0.15) is 4.88 Å². The molecule has 0 unspecified atom stereocenters. The van der Waals surface area contributed by atoms with E-state index in [1.807, 2.05) is 23.6 Å². The highest BCUT2D eigenvalue weighted by atomic mass is 32.1. The number of benzene rings is 1. The van der Waals surface area contributed by atoms with Crippen LogP contribution in [0.4, 0.5) is 15.6 Å². The van der Waals surface area contributed by atoms with Crippen molar-refractivity contribution in [2.24, 2.45) is 5.84 Å². The minimum absolute atomic E-state index is 0.328. The first-order chi connectivity index (χ1) is 9.60. The highest BCUT2D eigenvalue weighted by molar-refractivity contribution is 7.17. The third-order valence-corrected chi connectivity index (χ3v) is 3.46. The zero-order valence-corrected chi connectivity index (χ0v) is 11.5. The van der Waals surface area contributed by atoms with Crippen LogP contribution in [0.15, 0.2) is 30.3 Å². The predicted octanol–water partition coefficient (Wildman–Crippen LogP) is 1.70. The van der Waals surface area contributed by atoms with Gasteiger partial charge in [0.15, 0.2) is 5.13 Å². The number of para-hydroxylation sites is 1. The highest BCUT2D eigenvalue weighted by Gasteiger charge is 2.15. The highest BCUT2D eigenvalue weighted by Crippen LogP contribution is 2.22. The fourth-order valence-electron chi connectivity index (χ4n) is 1.51. The van der Waals surface area contributed by atoms with E-state index in [0.29, 0.717) is 21.4 Å². The largest absolute Gasteiger partial charge is 0.325 e. The quantitative estimate of drug-likeness (QED) is 0.392. The number of hydrogen-bond acceptors (Lipinski definition) is 5. The van der Waals surface area contributed by atoms with Gasteiger partial charge in [-0.15, -0.1) is 0 Å². The van der Waals surface area contributed by atoms with Gasteiger partial charge in [0.2, 0.25) is 0 Å². The van der Waals surface area contributed by atoms with E-state index in [0.717, 1.165) is 11.3 Å². The lowest BCUT2D eigenvalue weighted by atomic mass is 10.3. The molecule has 0 aliphatic heterocycles. The average molecular weight is 291 g/mol. The van der Waals surface area contributed by atoms with E-state index in [-0.39, 0.29) is 0 Å². The summed E-state index contributed by atoms with van der Waals surface area (Å²) in [5.74, 6) is 4.63. The Labute approximate surface area is 119 Å². The lowest BCUT2D eigenvalue weighted by molar-refractivity contribution is 0.0957. The number of rotatable bonds is 3. The van der Waals surface area contributed by atoms with Crippen molar-refractivity contribution in [2.45, 2.75) is 6.92 Å². The smallest absolute Gasteiger partial charge is 0.308 e. The second kappa shape index (κ2) is 6.13. The molecule has 0 bridgehead atoms. The summed E-state index contributed by atoms with van der Waals surface area (Å²) in [4.78, 5) is 27.6. The molecule has 5 N–H and O–H groups in total. The van der Waals surface area contributed by atoms with Crippen LogP contribution in [-0.4, -0.2) is 16.9 Å². The maximum Gasteiger partial charge on any atom is 0.325 e. The fraction of sp³-hybridized carbons (Fsp3) is 0.0833. The number of carbonyl (C=O) groups is 2. The summed E-state index contributed by atoms with van der Waals surface area (Å²) in [7, 11) is 0. The Kier molecular flexibility index (Phi) is 4.28. The topological polar surface area (TPSA) is 109 Å². The lowest BCUT2D eigenvalue weighted by Gasteiger charge is -2.04. The minimum atomic E-state index is -0.434. The van der Waals surface area contributed by atoms with Crippen LogP contribution >= 0.6 is 11.3 Å². The number of hydrazine groups is 1. The Balaban J connectivity index is 2.03. The number of nitrogens with two attached hydrogens (primary N) is 1. The Morgan fingerprint density at radius 1 is 1.20 bits per heavy atom. The summed E-state index contributed by atoms with van der Waals surface area (Å²) < 4.78 is 0. The number of urea groups is 1. The van der Waals surface area contributed by atoms with Crippen molar-refractivity contribution < 1.29 is 9.59 Å². The molecule has 1 heterocycles. The Bertz CT molecular complexity index is 626. The number of carbonyl (C=O) groups excluding carboxylic acids is 2. The van der Waals surface area contributed by atoms with E-state index in [9.17, 15) is 9.59 Å². The van der Waals surface area contributed by atoms with E-state index in [2.05, 4.69) is 15.6 Å². The molecule has 0 saturated carbocycles. The molecule has 0 radical (unpaired) electrons. The number of nitrogens with zero attached hydrogens (tertiary/aromatic N) is 1. The van der Waals surface area contributed by atoms with Crippen molar-refractivity contribution in [3.63, 3.8) is 0 Å². The Morgan fingerprint density at radius 2 is 1.90 bits per heavy atom. The average Bonchev–Trinajstić information content (AvgIpc) is 2.79. The summed E-state index contributed by atoms with van der Waals surface area (Å²) in [6.07, 6.45) is 0. The van der Waals surface area contributed by atoms with Crippen LogP contribution in [0.25, 0.3) is 0 Å².